The fourth-order valence-corrected chi connectivity index (χ4v) is 1.58. The van der Waals surface area contributed by atoms with E-state index in [1.54, 1.807) is 36.4 Å². The van der Waals surface area contributed by atoms with Gasteiger partial charge in [0.1, 0.15) is 5.76 Å². The average molecular weight is 299 g/mol. The smallest absolute Gasteiger partial charge is 0.271 e. The largest absolute Gasteiger partial charge is 0.463 e. The van der Waals surface area contributed by atoms with Crippen LogP contribution in [0, 0.1) is 5.92 Å². The molecule has 2 rings (SSSR count). The summed E-state index contributed by atoms with van der Waals surface area (Å²) in [6.07, 6.45) is 2.93. The standard InChI is InChI=1S/C16H17N3O3/c1-11(2)15(20)18-13-7-5-12(6-8-13)16(21)19-17-10-14-4-3-9-22-14/h3-11H,1-2H3,(H,18,20)(H,19,21)/b17-10+. The number of benzene rings is 1. The van der Waals surface area contributed by atoms with Gasteiger partial charge in [0.15, 0.2) is 0 Å². The number of nitrogens with zero attached hydrogens (tertiary/aromatic N) is 1. The van der Waals surface area contributed by atoms with Gasteiger partial charge in [0, 0.05) is 17.2 Å². The summed E-state index contributed by atoms with van der Waals surface area (Å²) >= 11 is 0. The zero-order valence-electron chi connectivity index (χ0n) is 12.4. The van der Waals surface area contributed by atoms with Gasteiger partial charge in [-0.1, -0.05) is 13.8 Å². The number of carbonyl (C=O) groups is 2. The lowest BCUT2D eigenvalue weighted by atomic mass is 10.1. The van der Waals surface area contributed by atoms with Crippen molar-refractivity contribution in [1.82, 2.24) is 5.43 Å². The third-order valence-corrected chi connectivity index (χ3v) is 2.84. The zero-order chi connectivity index (χ0) is 15.9. The van der Waals surface area contributed by atoms with E-state index in [0.717, 1.165) is 0 Å². The first-order chi connectivity index (χ1) is 10.6. The van der Waals surface area contributed by atoms with Gasteiger partial charge in [-0.25, -0.2) is 5.43 Å². The Labute approximate surface area is 128 Å². The molecule has 0 aliphatic heterocycles. The first-order valence-electron chi connectivity index (χ1n) is 6.84. The monoisotopic (exact) mass is 299 g/mol. The van der Waals surface area contributed by atoms with E-state index in [-0.39, 0.29) is 17.7 Å². The van der Waals surface area contributed by atoms with Crippen LogP contribution in [0.2, 0.25) is 0 Å². The molecule has 0 aliphatic carbocycles. The van der Waals surface area contributed by atoms with Crippen LogP contribution in [-0.4, -0.2) is 18.0 Å². The molecule has 0 unspecified atom stereocenters. The third-order valence-electron chi connectivity index (χ3n) is 2.84. The zero-order valence-corrected chi connectivity index (χ0v) is 12.4. The minimum Gasteiger partial charge on any atom is -0.463 e. The van der Waals surface area contributed by atoms with E-state index < -0.39 is 0 Å². The second kappa shape index (κ2) is 7.21. The Hall–Kier alpha value is -2.89. The van der Waals surface area contributed by atoms with Crippen molar-refractivity contribution >= 4 is 23.7 Å². The first-order valence-corrected chi connectivity index (χ1v) is 6.84. The molecule has 2 aromatic rings. The minimum absolute atomic E-state index is 0.0692. The summed E-state index contributed by atoms with van der Waals surface area (Å²) in [5, 5.41) is 6.55. The lowest BCUT2D eigenvalue weighted by molar-refractivity contribution is -0.118. The molecule has 0 fully saturated rings. The van der Waals surface area contributed by atoms with Gasteiger partial charge < -0.3 is 9.73 Å². The van der Waals surface area contributed by atoms with E-state index in [9.17, 15) is 9.59 Å². The second-order valence-corrected chi connectivity index (χ2v) is 4.94. The molecule has 0 radical (unpaired) electrons. The highest BCUT2D eigenvalue weighted by atomic mass is 16.3. The Morgan fingerprint density at radius 3 is 2.50 bits per heavy atom. The number of hydrogen-bond donors (Lipinski definition) is 2. The van der Waals surface area contributed by atoms with Gasteiger partial charge in [0.05, 0.1) is 12.5 Å². The van der Waals surface area contributed by atoms with E-state index in [2.05, 4.69) is 15.8 Å². The van der Waals surface area contributed by atoms with Gasteiger partial charge in [-0.05, 0) is 36.4 Å². The van der Waals surface area contributed by atoms with Crippen LogP contribution in [0.25, 0.3) is 0 Å². The van der Waals surface area contributed by atoms with Crippen LogP contribution < -0.4 is 10.7 Å². The molecule has 6 heteroatoms. The van der Waals surface area contributed by atoms with Crippen LogP contribution in [0.5, 0.6) is 0 Å². The molecule has 0 atom stereocenters. The highest BCUT2D eigenvalue weighted by Gasteiger charge is 2.08. The molecule has 0 saturated heterocycles. The number of anilines is 1. The first kappa shape index (κ1) is 15.5. The molecule has 1 aromatic carbocycles. The Morgan fingerprint density at radius 1 is 1.18 bits per heavy atom. The summed E-state index contributed by atoms with van der Waals surface area (Å²) in [7, 11) is 0. The molecule has 0 bridgehead atoms. The Kier molecular flexibility index (Phi) is 5.08. The molecule has 0 spiro atoms. The maximum atomic E-state index is 11.9. The summed E-state index contributed by atoms with van der Waals surface area (Å²) < 4.78 is 5.05. The molecule has 6 nitrogen and oxygen atoms in total. The van der Waals surface area contributed by atoms with Gasteiger partial charge in [-0.15, -0.1) is 0 Å². The molecule has 22 heavy (non-hydrogen) atoms. The second-order valence-electron chi connectivity index (χ2n) is 4.94. The average Bonchev–Trinajstić information content (AvgIpc) is 3.01. The molecule has 2 amide bonds. The number of carbonyl (C=O) groups excluding carboxylic acids is 2. The Balaban J connectivity index is 1.92. The lowest BCUT2D eigenvalue weighted by Crippen LogP contribution is -2.19. The van der Waals surface area contributed by atoms with Crippen molar-refractivity contribution < 1.29 is 14.0 Å². The number of furan rings is 1. The van der Waals surface area contributed by atoms with Crippen molar-refractivity contribution in [3.63, 3.8) is 0 Å². The quantitative estimate of drug-likeness (QED) is 0.657. The summed E-state index contributed by atoms with van der Waals surface area (Å²) in [6, 6.07) is 10.0. The molecule has 114 valence electrons. The molecule has 1 aromatic heterocycles. The van der Waals surface area contributed by atoms with E-state index in [4.69, 9.17) is 4.42 Å². The molecule has 2 N–H and O–H groups in total. The van der Waals surface area contributed by atoms with Crippen molar-refractivity contribution in [2.45, 2.75) is 13.8 Å². The minimum atomic E-state index is -0.343. The predicted octanol–water partition coefficient (Wildman–Crippen LogP) is 2.64. The molecule has 1 heterocycles. The number of amides is 2. The Morgan fingerprint density at radius 2 is 1.91 bits per heavy atom. The van der Waals surface area contributed by atoms with Crippen molar-refractivity contribution in [3.05, 3.63) is 54.0 Å². The van der Waals surface area contributed by atoms with Gasteiger partial charge >= 0.3 is 0 Å². The number of hydrogen-bond acceptors (Lipinski definition) is 4. The Bertz CT molecular complexity index is 658. The summed E-state index contributed by atoms with van der Waals surface area (Å²) in [5.74, 6) is 0.0377. The van der Waals surface area contributed by atoms with Crippen molar-refractivity contribution in [3.8, 4) is 0 Å². The van der Waals surface area contributed by atoms with Crippen LogP contribution in [0.4, 0.5) is 5.69 Å². The van der Waals surface area contributed by atoms with Crippen LogP contribution >= 0.6 is 0 Å². The maximum Gasteiger partial charge on any atom is 0.271 e. The number of nitrogens with one attached hydrogen (secondary N) is 2. The summed E-state index contributed by atoms with van der Waals surface area (Å²) in [5.41, 5.74) is 3.49. The van der Waals surface area contributed by atoms with E-state index in [1.165, 1.54) is 12.5 Å². The fraction of sp³-hybridized carbons (Fsp3) is 0.188. The number of rotatable bonds is 5. The SMILES string of the molecule is CC(C)C(=O)Nc1ccc(C(=O)N/N=C/c2ccco2)cc1. The fourth-order valence-electron chi connectivity index (χ4n) is 1.58. The van der Waals surface area contributed by atoms with Crippen LogP contribution in [0.1, 0.15) is 30.0 Å². The third kappa shape index (κ3) is 4.31. The van der Waals surface area contributed by atoms with Crippen LogP contribution in [0.15, 0.2) is 52.2 Å². The molecular formula is C16H17N3O3. The van der Waals surface area contributed by atoms with Crippen LogP contribution in [-0.2, 0) is 4.79 Å². The van der Waals surface area contributed by atoms with Gasteiger partial charge in [-0.3, -0.25) is 9.59 Å². The van der Waals surface area contributed by atoms with E-state index in [0.29, 0.717) is 17.0 Å². The normalized spacial score (nSPS) is 10.9. The van der Waals surface area contributed by atoms with E-state index in [1.807, 2.05) is 13.8 Å². The highest BCUT2D eigenvalue weighted by Crippen LogP contribution is 2.11. The summed E-state index contributed by atoms with van der Waals surface area (Å²) in [6.45, 7) is 3.63. The molecule has 0 saturated carbocycles. The van der Waals surface area contributed by atoms with Crippen molar-refractivity contribution in [1.29, 1.82) is 0 Å². The van der Waals surface area contributed by atoms with Gasteiger partial charge in [-0.2, -0.15) is 5.10 Å². The van der Waals surface area contributed by atoms with Crippen molar-refractivity contribution in [2.24, 2.45) is 11.0 Å². The number of hydrazone groups is 1. The molecular weight excluding hydrogens is 282 g/mol. The molecule has 0 aliphatic rings. The highest BCUT2D eigenvalue weighted by molar-refractivity contribution is 5.96. The predicted molar refractivity (Wildman–Crippen MR) is 83.7 cm³/mol. The van der Waals surface area contributed by atoms with Crippen LogP contribution in [0.3, 0.4) is 0 Å². The summed E-state index contributed by atoms with van der Waals surface area (Å²) in [4.78, 5) is 23.4. The lowest BCUT2D eigenvalue weighted by Gasteiger charge is -2.08. The topological polar surface area (TPSA) is 83.7 Å². The van der Waals surface area contributed by atoms with Crippen molar-refractivity contribution in [2.75, 3.05) is 5.32 Å². The maximum absolute atomic E-state index is 11.9. The van der Waals surface area contributed by atoms with E-state index >= 15 is 0 Å². The van der Waals surface area contributed by atoms with Gasteiger partial charge in [0.2, 0.25) is 5.91 Å². The van der Waals surface area contributed by atoms with Gasteiger partial charge in [0.25, 0.3) is 5.91 Å².